The van der Waals surface area contributed by atoms with Gasteiger partial charge in [0.1, 0.15) is 0 Å². The lowest BCUT2D eigenvalue weighted by Crippen LogP contribution is -2.30. The van der Waals surface area contributed by atoms with E-state index in [9.17, 15) is 4.79 Å². The van der Waals surface area contributed by atoms with Gasteiger partial charge in [0, 0.05) is 30.6 Å². The molecule has 0 bridgehead atoms. The van der Waals surface area contributed by atoms with E-state index in [-0.39, 0.29) is 11.8 Å². The highest BCUT2D eigenvalue weighted by atomic mass is 16.1. The molecule has 0 unspecified atom stereocenters. The van der Waals surface area contributed by atoms with E-state index in [1.807, 2.05) is 6.92 Å². The lowest BCUT2D eigenvalue weighted by atomic mass is 10.0. The molecule has 0 saturated heterocycles. The summed E-state index contributed by atoms with van der Waals surface area (Å²) in [5.74, 6) is 2.89. The summed E-state index contributed by atoms with van der Waals surface area (Å²) in [5, 5.41) is 6.40. The Morgan fingerprint density at radius 3 is 2.86 bits per heavy atom. The van der Waals surface area contributed by atoms with Gasteiger partial charge >= 0.3 is 0 Å². The topological polar surface area (TPSA) is 41.1 Å². The number of allylic oxidation sites excluding steroid dienone is 1. The zero-order chi connectivity index (χ0) is 16.4. The molecule has 1 aliphatic rings. The Morgan fingerprint density at radius 2 is 2.23 bits per heavy atom. The number of unbranched alkanes of at least 4 members (excludes halogenated alkanes) is 3. The summed E-state index contributed by atoms with van der Waals surface area (Å²) in [6.07, 6.45) is 14.3. The van der Waals surface area contributed by atoms with Crippen LogP contribution in [0.3, 0.4) is 0 Å². The minimum atomic E-state index is 0.0859. The Labute approximate surface area is 135 Å². The van der Waals surface area contributed by atoms with Gasteiger partial charge in [-0.05, 0) is 50.7 Å². The van der Waals surface area contributed by atoms with Gasteiger partial charge in [0.15, 0.2) is 0 Å². The summed E-state index contributed by atoms with van der Waals surface area (Å²) < 4.78 is 0. The average Bonchev–Trinajstić information content (AvgIpc) is 2.80. The van der Waals surface area contributed by atoms with Crippen LogP contribution in [0.4, 0.5) is 0 Å². The largest absolute Gasteiger partial charge is 0.379 e. The fraction of sp³-hybridized carbons (Fsp3) is 0.632. The molecule has 0 saturated carbocycles. The van der Waals surface area contributed by atoms with Crippen molar-refractivity contribution in [2.24, 2.45) is 5.92 Å². The number of terminal acetylenes is 1. The normalized spacial score (nSPS) is 18.3. The van der Waals surface area contributed by atoms with Crippen LogP contribution in [0, 0.1) is 18.3 Å². The van der Waals surface area contributed by atoms with E-state index in [1.165, 1.54) is 5.57 Å². The standard InChI is InChI=1S/C19H30N2O/c1-5-6-7-8-11-15(2)19(22)20-13-10-9-12-18-16(3)14-17(4)21-18/h1,14-15,18,21H,4,6-13H2,2-3H3,(H,20,22)/t15-,18-/m0/s1. The van der Waals surface area contributed by atoms with Crippen LogP contribution >= 0.6 is 0 Å². The molecule has 0 spiro atoms. The highest BCUT2D eigenvalue weighted by Gasteiger charge is 2.16. The average molecular weight is 302 g/mol. The Balaban J connectivity index is 2.04. The lowest BCUT2D eigenvalue weighted by molar-refractivity contribution is -0.124. The van der Waals surface area contributed by atoms with Gasteiger partial charge in [0.05, 0.1) is 0 Å². The van der Waals surface area contributed by atoms with E-state index < -0.39 is 0 Å². The number of rotatable bonds is 10. The van der Waals surface area contributed by atoms with Crippen LogP contribution in [-0.4, -0.2) is 18.5 Å². The van der Waals surface area contributed by atoms with E-state index in [0.717, 1.165) is 57.2 Å². The zero-order valence-corrected chi connectivity index (χ0v) is 14.1. The van der Waals surface area contributed by atoms with Gasteiger partial charge in [-0.1, -0.05) is 19.9 Å². The number of hydrogen-bond acceptors (Lipinski definition) is 2. The number of hydrogen-bond donors (Lipinski definition) is 2. The third-order valence-corrected chi connectivity index (χ3v) is 4.19. The van der Waals surface area contributed by atoms with Crippen LogP contribution in [0.15, 0.2) is 23.9 Å². The Kier molecular flexibility index (Phi) is 8.43. The summed E-state index contributed by atoms with van der Waals surface area (Å²) in [4.78, 5) is 11.9. The van der Waals surface area contributed by atoms with E-state index >= 15 is 0 Å². The predicted molar refractivity (Wildman–Crippen MR) is 93.1 cm³/mol. The first kappa shape index (κ1) is 18.4. The molecular formula is C19H30N2O. The van der Waals surface area contributed by atoms with Crippen LogP contribution in [-0.2, 0) is 4.79 Å². The first-order valence-electron chi connectivity index (χ1n) is 8.39. The molecule has 2 N–H and O–H groups in total. The minimum Gasteiger partial charge on any atom is -0.379 e. The second-order valence-corrected chi connectivity index (χ2v) is 6.25. The summed E-state index contributed by atoms with van der Waals surface area (Å²) >= 11 is 0. The van der Waals surface area contributed by atoms with Crippen molar-refractivity contribution in [2.75, 3.05) is 6.54 Å². The Morgan fingerprint density at radius 1 is 1.45 bits per heavy atom. The van der Waals surface area contributed by atoms with Crippen molar-refractivity contribution < 1.29 is 4.79 Å². The minimum absolute atomic E-state index is 0.0859. The predicted octanol–water partition coefficient (Wildman–Crippen LogP) is 3.53. The summed E-state index contributed by atoms with van der Waals surface area (Å²) in [7, 11) is 0. The zero-order valence-electron chi connectivity index (χ0n) is 14.1. The van der Waals surface area contributed by atoms with E-state index in [2.05, 4.69) is 36.1 Å². The maximum atomic E-state index is 11.9. The third-order valence-electron chi connectivity index (χ3n) is 4.19. The maximum absolute atomic E-state index is 11.9. The van der Waals surface area contributed by atoms with Crippen LogP contribution in [0.2, 0.25) is 0 Å². The molecule has 3 nitrogen and oxygen atoms in total. The number of carbonyl (C=O) groups is 1. The molecule has 1 aliphatic heterocycles. The SMILES string of the molecule is C#CCCCC[C@H](C)C(=O)NCCCC[C@@H]1NC(=C)C=C1C. The Bertz CT molecular complexity index is 445. The van der Waals surface area contributed by atoms with Crippen molar-refractivity contribution in [3.05, 3.63) is 23.9 Å². The molecule has 1 amide bonds. The van der Waals surface area contributed by atoms with Gasteiger partial charge < -0.3 is 10.6 Å². The fourth-order valence-corrected chi connectivity index (χ4v) is 2.72. The molecular weight excluding hydrogens is 272 g/mol. The molecule has 0 radical (unpaired) electrons. The van der Waals surface area contributed by atoms with Crippen LogP contribution in [0.25, 0.3) is 0 Å². The molecule has 0 fully saturated rings. The van der Waals surface area contributed by atoms with Gasteiger partial charge in [-0.25, -0.2) is 0 Å². The first-order chi connectivity index (χ1) is 10.5. The van der Waals surface area contributed by atoms with Crippen LogP contribution in [0.1, 0.15) is 58.8 Å². The summed E-state index contributed by atoms with van der Waals surface area (Å²) in [5.41, 5.74) is 2.36. The molecule has 22 heavy (non-hydrogen) atoms. The molecule has 0 aromatic carbocycles. The third kappa shape index (κ3) is 6.85. The van der Waals surface area contributed by atoms with Gasteiger partial charge in [0.2, 0.25) is 5.91 Å². The van der Waals surface area contributed by atoms with Gasteiger partial charge in [-0.3, -0.25) is 4.79 Å². The molecule has 122 valence electrons. The second-order valence-electron chi connectivity index (χ2n) is 6.25. The van der Waals surface area contributed by atoms with Crippen molar-refractivity contribution >= 4 is 5.91 Å². The smallest absolute Gasteiger partial charge is 0.222 e. The summed E-state index contributed by atoms with van der Waals surface area (Å²) in [6.45, 7) is 8.82. The monoisotopic (exact) mass is 302 g/mol. The first-order valence-corrected chi connectivity index (χ1v) is 8.39. The van der Waals surface area contributed by atoms with Crippen LogP contribution in [0.5, 0.6) is 0 Å². The number of amides is 1. The molecule has 1 rings (SSSR count). The highest BCUT2D eigenvalue weighted by molar-refractivity contribution is 5.78. The number of carbonyl (C=O) groups excluding carboxylic acids is 1. The fourth-order valence-electron chi connectivity index (χ4n) is 2.72. The highest BCUT2D eigenvalue weighted by Crippen LogP contribution is 2.18. The van der Waals surface area contributed by atoms with E-state index in [4.69, 9.17) is 6.42 Å². The lowest BCUT2D eigenvalue weighted by Gasteiger charge is -2.14. The Hall–Kier alpha value is -1.69. The summed E-state index contributed by atoms with van der Waals surface area (Å²) in [6, 6.07) is 0.429. The van der Waals surface area contributed by atoms with E-state index in [0.29, 0.717) is 6.04 Å². The van der Waals surface area contributed by atoms with E-state index in [1.54, 1.807) is 0 Å². The molecule has 0 aromatic rings. The van der Waals surface area contributed by atoms with Gasteiger partial charge in [0.25, 0.3) is 0 Å². The van der Waals surface area contributed by atoms with Gasteiger partial charge in [-0.15, -0.1) is 12.3 Å². The van der Waals surface area contributed by atoms with Crippen molar-refractivity contribution in [3.8, 4) is 12.3 Å². The van der Waals surface area contributed by atoms with Crippen molar-refractivity contribution in [3.63, 3.8) is 0 Å². The van der Waals surface area contributed by atoms with Crippen LogP contribution < -0.4 is 10.6 Å². The molecule has 3 heteroatoms. The van der Waals surface area contributed by atoms with Crippen molar-refractivity contribution in [1.29, 1.82) is 0 Å². The number of nitrogens with one attached hydrogen (secondary N) is 2. The maximum Gasteiger partial charge on any atom is 0.222 e. The molecule has 0 aromatic heterocycles. The van der Waals surface area contributed by atoms with Gasteiger partial charge in [-0.2, -0.15) is 0 Å². The molecule has 1 heterocycles. The van der Waals surface area contributed by atoms with Crippen molar-refractivity contribution in [2.45, 2.75) is 64.8 Å². The molecule has 0 aliphatic carbocycles. The second kappa shape index (κ2) is 10.1. The van der Waals surface area contributed by atoms with Crippen molar-refractivity contribution in [1.82, 2.24) is 10.6 Å². The quantitative estimate of drug-likeness (QED) is 0.479. The molecule has 2 atom stereocenters.